The molecule has 0 rings (SSSR count). The van der Waals surface area contributed by atoms with Crippen LogP contribution in [-0.2, 0) is 0 Å². The summed E-state index contributed by atoms with van der Waals surface area (Å²) in [5.74, 6) is 0. The van der Waals surface area contributed by atoms with Crippen LogP contribution in [0.4, 0.5) is 0 Å². The molecule has 0 aliphatic carbocycles. The number of aliphatic hydroxyl groups excluding tert-OH is 1. The van der Waals surface area contributed by atoms with E-state index in [1.165, 1.54) is 0 Å². The van der Waals surface area contributed by atoms with Crippen LogP contribution in [0.2, 0.25) is 0 Å². The van der Waals surface area contributed by atoms with E-state index >= 15 is 0 Å². The van der Waals surface area contributed by atoms with Crippen LogP contribution in [-0.4, -0.2) is 11.7 Å². The van der Waals surface area contributed by atoms with Gasteiger partial charge in [0.15, 0.2) is 0 Å². The van der Waals surface area contributed by atoms with Gasteiger partial charge in [0.2, 0.25) is 0 Å². The van der Waals surface area contributed by atoms with E-state index in [9.17, 15) is 0 Å². The highest BCUT2D eigenvalue weighted by Gasteiger charge is 1.63. The summed E-state index contributed by atoms with van der Waals surface area (Å²) in [6.45, 7) is 3.44. The van der Waals surface area contributed by atoms with Gasteiger partial charge >= 0.3 is 0 Å². The van der Waals surface area contributed by atoms with Crippen LogP contribution in [0.25, 0.3) is 0 Å². The summed E-state index contributed by atoms with van der Waals surface area (Å²) in [5.41, 5.74) is 0. The van der Waals surface area contributed by atoms with Gasteiger partial charge in [-0.2, -0.15) is 0 Å². The molecule has 0 aromatic carbocycles. The number of aliphatic hydroxyl groups is 1. The fourth-order valence-corrected chi connectivity index (χ4v) is 0.0791. The van der Waals surface area contributed by atoms with Crippen molar-refractivity contribution >= 4 is 0 Å². The normalized spacial score (nSPS) is 7.40. The molecular weight excluding hydrogens is 64.0 g/mol. The van der Waals surface area contributed by atoms with Crippen molar-refractivity contribution in [2.45, 2.75) is 6.42 Å². The first kappa shape index (κ1) is 4.70. The lowest BCUT2D eigenvalue weighted by atomic mass is 10.5. The maximum Gasteiger partial charge on any atom is 0.0471 e. The predicted octanol–water partition coefficient (Wildman–Crippen LogP) is 0.358. The molecule has 0 aliphatic heterocycles. The van der Waals surface area contributed by atoms with Gasteiger partial charge in [0.05, 0.1) is 0 Å². The van der Waals surface area contributed by atoms with Crippen molar-refractivity contribution in [3.8, 4) is 0 Å². The quantitative estimate of drug-likeness (QED) is 0.498. The second-order valence-corrected chi connectivity index (χ2v) is 0.724. The van der Waals surface area contributed by atoms with Crippen LogP contribution in [0.15, 0.2) is 6.58 Å². The standard InChI is InChI=1S/C4H7O/c1-2-3-4-5/h5H,1,3-4H2. The lowest BCUT2D eigenvalue weighted by Gasteiger charge is -1.72. The van der Waals surface area contributed by atoms with Crippen molar-refractivity contribution in [3.05, 3.63) is 12.7 Å². The molecule has 1 N–H and O–H groups in total. The maximum absolute atomic E-state index is 7.96. The Morgan fingerprint density at radius 1 is 1.80 bits per heavy atom. The Morgan fingerprint density at radius 2 is 2.40 bits per heavy atom. The topological polar surface area (TPSA) is 20.2 Å². The first-order valence-electron chi connectivity index (χ1n) is 1.52. The highest BCUT2D eigenvalue weighted by Crippen LogP contribution is 1.67. The highest BCUT2D eigenvalue weighted by atomic mass is 16.2. The van der Waals surface area contributed by atoms with Gasteiger partial charge in [0.25, 0.3) is 0 Å². The maximum atomic E-state index is 7.96. The highest BCUT2D eigenvalue weighted by molar-refractivity contribution is 4.50. The monoisotopic (exact) mass is 71.0 g/mol. The molecule has 1 radical (unpaired) electrons. The molecule has 0 aromatic rings. The summed E-state index contributed by atoms with van der Waals surface area (Å²) in [7, 11) is 0. The molecular formula is C4H7O. The van der Waals surface area contributed by atoms with E-state index < -0.39 is 0 Å². The molecule has 0 bridgehead atoms. The van der Waals surface area contributed by atoms with Crippen molar-refractivity contribution < 1.29 is 5.11 Å². The average molecular weight is 71.1 g/mol. The molecule has 1 heteroatoms. The average Bonchev–Trinajstić information content (AvgIpc) is 1.41. The molecule has 0 saturated carbocycles. The molecule has 0 heterocycles. The van der Waals surface area contributed by atoms with Gasteiger partial charge in [-0.1, -0.05) is 12.7 Å². The second kappa shape index (κ2) is 3.70. The molecule has 5 heavy (non-hydrogen) atoms. The predicted molar refractivity (Wildman–Crippen MR) is 20.6 cm³/mol. The van der Waals surface area contributed by atoms with Crippen LogP contribution in [0.3, 0.4) is 0 Å². The van der Waals surface area contributed by atoms with Crippen LogP contribution in [0.5, 0.6) is 0 Å². The molecule has 1 nitrogen and oxygen atoms in total. The minimum Gasteiger partial charge on any atom is -0.396 e. The van der Waals surface area contributed by atoms with Crippen LogP contribution >= 0.6 is 0 Å². The SMILES string of the molecule is C=[C]CCO. The molecule has 0 saturated heterocycles. The minimum atomic E-state index is 0.170. The van der Waals surface area contributed by atoms with Gasteiger partial charge in [-0.25, -0.2) is 0 Å². The third-order valence-electron chi connectivity index (χ3n) is 0.289. The van der Waals surface area contributed by atoms with Crippen LogP contribution in [0.1, 0.15) is 6.42 Å². The summed E-state index contributed by atoms with van der Waals surface area (Å²) < 4.78 is 0. The largest absolute Gasteiger partial charge is 0.396 e. The molecule has 0 fully saturated rings. The Bertz CT molecular complexity index is 24.8. The molecule has 0 unspecified atom stereocenters. The lowest BCUT2D eigenvalue weighted by molar-refractivity contribution is 0.301. The Balaban J connectivity index is 2.40. The summed E-state index contributed by atoms with van der Waals surface area (Å²) in [6.07, 6.45) is 3.10. The number of hydrogen-bond acceptors (Lipinski definition) is 1. The molecule has 0 aromatic heterocycles. The fourth-order valence-electron chi connectivity index (χ4n) is 0.0791. The molecule has 0 aliphatic rings. The van der Waals surface area contributed by atoms with E-state index in [1.54, 1.807) is 0 Å². The van der Waals surface area contributed by atoms with E-state index in [2.05, 4.69) is 12.7 Å². The molecule has 0 atom stereocenters. The fraction of sp³-hybridized carbons (Fsp3) is 0.500. The second-order valence-electron chi connectivity index (χ2n) is 0.724. The Hall–Kier alpha value is -0.300. The van der Waals surface area contributed by atoms with Gasteiger partial charge in [0, 0.05) is 6.61 Å². The molecule has 29 valence electrons. The third kappa shape index (κ3) is 3.70. The van der Waals surface area contributed by atoms with Crippen LogP contribution < -0.4 is 0 Å². The van der Waals surface area contributed by atoms with Crippen molar-refractivity contribution in [2.75, 3.05) is 6.61 Å². The number of rotatable bonds is 2. The number of hydrogen-bond donors (Lipinski definition) is 1. The van der Waals surface area contributed by atoms with E-state index in [1.807, 2.05) is 0 Å². The lowest BCUT2D eigenvalue weighted by Crippen LogP contribution is -1.72. The van der Waals surface area contributed by atoms with Crippen molar-refractivity contribution in [3.63, 3.8) is 0 Å². The van der Waals surface area contributed by atoms with Crippen molar-refractivity contribution in [1.29, 1.82) is 0 Å². The first-order chi connectivity index (χ1) is 2.41. The van der Waals surface area contributed by atoms with E-state index in [0.29, 0.717) is 6.42 Å². The van der Waals surface area contributed by atoms with Crippen molar-refractivity contribution in [2.24, 2.45) is 0 Å². The van der Waals surface area contributed by atoms with E-state index in [0.717, 1.165) is 0 Å². The Morgan fingerprint density at radius 3 is 2.40 bits per heavy atom. The summed E-state index contributed by atoms with van der Waals surface area (Å²) >= 11 is 0. The Kier molecular flexibility index (Phi) is 3.48. The molecule has 0 amide bonds. The van der Waals surface area contributed by atoms with Gasteiger partial charge in [-0.15, -0.1) is 0 Å². The summed E-state index contributed by atoms with van der Waals surface area (Å²) in [4.78, 5) is 0. The first-order valence-corrected chi connectivity index (χ1v) is 1.52. The molecule has 0 spiro atoms. The van der Waals surface area contributed by atoms with Crippen molar-refractivity contribution in [1.82, 2.24) is 0 Å². The summed E-state index contributed by atoms with van der Waals surface area (Å²) in [5, 5.41) is 7.96. The zero-order valence-corrected chi connectivity index (χ0v) is 3.07. The van der Waals surface area contributed by atoms with Gasteiger partial charge in [-0.3, -0.25) is 0 Å². The minimum absolute atomic E-state index is 0.170. The zero-order valence-electron chi connectivity index (χ0n) is 3.07. The summed E-state index contributed by atoms with van der Waals surface area (Å²) in [6, 6.07) is 0. The Labute approximate surface area is 31.9 Å². The third-order valence-corrected chi connectivity index (χ3v) is 0.289. The smallest absolute Gasteiger partial charge is 0.0471 e. The van der Waals surface area contributed by atoms with Gasteiger partial charge in [-0.05, 0) is 6.42 Å². The van der Waals surface area contributed by atoms with Gasteiger partial charge in [0.1, 0.15) is 0 Å². The van der Waals surface area contributed by atoms with Gasteiger partial charge < -0.3 is 5.11 Å². The van der Waals surface area contributed by atoms with E-state index in [-0.39, 0.29) is 6.61 Å². The van der Waals surface area contributed by atoms with Crippen LogP contribution in [0, 0.1) is 6.08 Å². The zero-order chi connectivity index (χ0) is 4.12. The van der Waals surface area contributed by atoms with E-state index in [4.69, 9.17) is 5.11 Å².